The molecule has 1 atom stereocenters. The average molecular weight is 303 g/mol. The first-order chi connectivity index (χ1) is 10.6. The van der Waals surface area contributed by atoms with Gasteiger partial charge < -0.3 is 10.1 Å². The predicted octanol–water partition coefficient (Wildman–Crippen LogP) is 4.30. The second-order valence-corrected chi connectivity index (χ2v) is 6.51. The molecule has 2 rings (SSSR count). The van der Waals surface area contributed by atoms with Crippen LogP contribution in [0.3, 0.4) is 0 Å². The van der Waals surface area contributed by atoms with Crippen LogP contribution in [-0.4, -0.2) is 18.1 Å². The summed E-state index contributed by atoms with van der Waals surface area (Å²) in [5, 5.41) is 3.18. The molecule has 0 spiro atoms. The van der Waals surface area contributed by atoms with Gasteiger partial charge in [-0.15, -0.1) is 0 Å². The van der Waals surface area contributed by atoms with E-state index in [1.165, 1.54) is 37.7 Å². The fourth-order valence-corrected chi connectivity index (χ4v) is 3.01. The Hall–Kier alpha value is -1.51. The SMILES string of the molecule is Cc1cccc(O[C@@H](C)C(=O)NC2CCCCCCC2)c1C. The Kier molecular flexibility index (Phi) is 6.29. The van der Waals surface area contributed by atoms with Crippen molar-refractivity contribution in [1.82, 2.24) is 5.32 Å². The number of hydrogen-bond acceptors (Lipinski definition) is 2. The summed E-state index contributed by atoms with van der Waals surface area (Å²) < 4.78 is 5.87. The third kappa shape index (κ3) is 4.75. The molecule has 0 aliphatic heterocycles. The van der Waals surface area contributed by atoms with Crippen LogP contribution < -0.4 is 10.1 Å². The van der Waals surface area contributed by atoms with E-state index in [4.69, 9.17) is 4.74 Å². The van der Waals surface area contributed by atoms with E-state index in [0.717, 1.165) is 24.2 Å². The molecule has 1 aromatic rings. The molecule has 122 valence electrons. The zero-order valence-corrected chi connectivity index (χ0v) is 14.2. The molecule has 3 nitrogen and oxygen atoms in total. The minimum Gasteiger partial charge on any atom is -0.481 e. The van der Waals surface area contributed by atoms with Gasteiger partial charge in [0, 0.05) is 6.04 Å². The lowest BCUT2D eigenvalue weighted by Gasteiger charge is -2.23. The van der Waals surface area contributed by atoms with E-state index in [0.29, 0.717) is 6.04 Å². The molecule has 1 aliphatic rings. The van der Waals surface area contributed by atoms with Crippen molar-refractivity contribution in [2.75, 3.05) is 0 Å². The molecule has 3 heteroatoms. The summed E-state index contributed by atoms with van der Waals surface area (Å²) in [5.41, 5.74) is 2.29. The molecule has 0 heterocycles. The quantitative estimate of drug-likeness (QED) is 0.900. The molecule has 1 N–H and O–H groups in total. The van der Waals surface area contributed by atoms with Gasteiger partial charge in [0.15, 0.2) is 6.10 Å². The minimum absolute atomic E-state index is 0.00600. The van der Waals surface area contributed by atoms with Crippen LogP contribution in [0.25, 0.3) is 0 Å². The Morgan fingerprint density at radius 2 is 1.77 bits per heavy atom. The second kappa shape index (κ2) is 8.21. The first-order valence-electron chi connectivity index (χ1n) is 8.61. The predicted molar refractivity (Wildman–Crippen MR) is 90.3 cm³/mol. The van der Waals surface area contributed by atoms with Crippen molar-refractivity contribution in [3.8, 4) is 5.75 Å². The van der Waals surface area contributed by atoms with Crippen molar-refractivity contribution >= 4 is 5.91 Å². The number of amides is 1. The van der Waals surface area contributed by atoms with Gasteiger partial charge >= 0.3 is 0 Å². The van der Waals surface area contributed by atoms with E-state index in [1.807, 2.05) is 26.0 Å². The molecule has 0 aromatic heterocycles. The van der Waals surface area contributed by atoms with Crippen molar-refractivity contribution in [2.45, 2.75) is 77.9 Å². The molecule has 0 saturated heterocycles. The Morgan fingerprint density at radius 1 is 1.14 bits per heavy atom. The van der Waals surface area contributed by atoms with Crippen LogP contribution in [0.5, 0.6) is 5.75 Å². The molecular weight excluding hydrogens is 274 g/mol. The molecule has 1 amide bonds. The number of benzene rings is 1. The Balaban J connectivity index is 1.89. The van der Waals surface area contributed by atoms with E-state index in [-0.39, 0.29) is 5.91 Å². The van der Waals surface area contributed by atoms with Crippen LogP contribution in [0.2, 0.25) is 0 Å². The number of carbonyl (C=O) groups is 1. The summed E-state index contributed by atoms with van der Waals surface area (Å²) in [6, 6.07) is 6.28. The molecular formula is C19H29NO2. The molecule has 1 saturated carbocycles. The van der Waals surface area contributed by atoms with Crippen molar-refractivity contribution in [1.29, 1.82) is 0 Å². The summed E-state index contributed by atoms with van der Waals surface area (Å²) in [6.07, 6.45) is 8.11. The van der Waals surface area contributed by atoms with Crippen molar-refractivity contribution < 1.29 is 9.53 Å². The highest BCUT2D eigenvalue weighted by atomic mass is 16.5. The number of carbonyl (C=O) groups excluding carboxylic acids is 1. The fraction of sp³-hybridized carbons (Fsp3) is 0.632. The zero-order valence-electron chi connectivity index (χ0n) is 14.2. The number of nitrogens with one attached hydrogen (secondary N) is 1. The molecule has 1 aromatic carbocycles. The molecule has 1 aliphatic carbocycles. The zero-order chi connectivity index (χ0) is 15.9. The molecule has 22 heavy (non-hydrogen) atoms. The molecule has 0 bridgehead atoms. The summed E-state index contributed by atoms with van der Waals surface area (Å²) in [6.45, 7) is 5.92. The van der Waals surface area contributed by atoms with Gasteiger partial charge in [0.05, 0.1) is 0 Å². The van der Waals surface area contributed by atoms with Crippen LogP contribution in [-0.2, 0) is 4.79 Å². The standard InChI is InChI=1S/C19H29NO2/c1-14-10-9-13-18(15(14)2)22-16(3)19(21)20-17-11-7-5-4-6-8-12-17/h9-10,13,16-17H,4-8,11-12H2,1-3H3,(H,20,21)/t16-/m0/s1. The van der Waals surface area contributed by atoms with Crippen LogP contribution >= 0.6 is 0 Å². The van der Waals surface area contributed by atoms with Gasteiger partial charge in [0.1, 0.15) is 5.75 Å². The lowest BCUT2D eigenvalue weighted by atomic mass is 9.96. The maximum atomic E-state index is 12.4. The highest BCUT2D eigenvalue weighted by Gasteiger charge is 2.20. The van der Waals surface area contributed by atoms with Crippen molar-refractivity contribution in [3.63, 3.8) is 0 Å². The van der Waals surface area contributed by atoms with Gasteiger partial charge in [-0.3, -0.25) is 4.79 Å². The largest absolute Gasteiger partial charge is 0.481 e. The van der Waals surface area contributed by atoms with Crippen molar-refractivity contribution in [3.05, 3.63) is 29.3 Å². The summed E-state index contributed by atoms with van der Waals surface area (Å²) >= 11 is 0. The van der Waals surface area contributed by atoms with Gasteiger partial charge in [-0.2, -0.15) is 0 Å². The maximum Gasteiger partial charge on any atom is 0.260 e. The third-order valence-corrected chi connectivity index (χ3v) is 4.68. The van der Waals surface area contributed by atoms with Crippen LogP contribution in [0.4, 0.5) is 0 Å². The van der Waals surface area contributed by atoms with E-state index >= 15 is 0 Å². The van der Waals surface area contributed by atoms with Gasteiger partial charge in [-0.25, -0.2) is 0 Å². The third-order valence-electron chi connectivity index (χ3n) is 4.68. The Morgan fingerprint density at radius 3 is 2.45 bits per heavy atom. The summed E-state index contributed by atoms with van der Waals surface area (Å²) in [7, 11) is 0. The Labute approximate surface area is 134 Å². The minimum atomic E-state index is -0.453. The van der Waals surface area contributed by atoms with E-state index < -0.39 is 6.10 Å². The first-order valence-corrected chi connectivity index (χ1v) is 8.61. The van der Waals surface area contributed by atoms with Gasteiger partial charge in [0.2, 0.25) is 0 Å². The van der Waals surface area contributed by atoms with Gasteiger partial charge in [-0.05, 0) is 50.8 Å². The normalized spacial score (nSPS) is 18.1. The first kappa shape index (κ1) is 16.9. The topological polar surface area (TPSA) is 38.3 Å². The Bertz CT molecular complexity index is 490. The van der Waals surface area contributed by atoms with E-state index in [2.05, 4.69) is 18.3 Å². The van der Waals surface area contributed by atoms with Crippen LogP contribution in [0.1, 0.15) is 63.0 Å². The number of ether oxygens (including phenoxy) is 1. The monoisotopic (exact) mass is 303 g/mol. The summed E-state index contributed by atoms with van der Waals surface area (Å²) in [4.78, 5) is 12.4. The number of rotatable bonds is 4. The van der Waals surface area contributed by atoms with Crippen LogP contribution in [0, 0.1) is 13.8 Å². The molecule has 1 fully saturated rings. The second-order valence-electron chi connectivity index (χ2n) is 6.51. The van der Waals surface area contributed by atoms with Gasteiger partial charge in [0.25, 0.3) is 5.91 Å². The highest BCUT2D eigenvalue weighted by Crippen LogP contribution is 2.22. The van der Waals surface area contributed by atoms with E-state index in [9.17, 15) is 4.79 Å². The maximum absolute atomic E-state index is 12.4. The van der Waals surface area contributed by atoms with E-state index in [1.54, 1.807) is 0 Å². The smallest absolute Gasteiger partial charge is 0.260 e. The van der Waals surface area contributed by atoms with Gasteiger partial charge in [-0.1, -0.05) is 44.2 Å². The highest BCUT2D eigenvalue weighted by molar-refractivity contribution is 5.81. The lowest BCUT2D eigenvalue weighted by molar-refractivity contribution is -0.128. The lowest BCUT2D eigenvalue weighted by Crippen LogP contribution is -2.42. The molecule has 0 unspecified atom stereocenters. The summed E-state index contributed by atoms with van der Waals surface area (Å²) in [5.74, 6) is 0.812. The fourth-order valence-electron chi connectivity index (χ4n) is 3.01. The average Bonchev–Trinajstić information content (AvgIpc) is 2.46. The number of hydrogen-bond donors (Lipinski definition) is 1. The number of aryl methyl sites for hydroxylation is 1. The van der Waals surface area contributed by atoms with Crippen LogP contribution in [0.15, 0.2) is 18.2 Å². The molecule has 0 radical (unpaired) electrons. The van der Waals surface area contributed by atoms with Crippen molar-refractivity contribution in [2.24, 2.45) is 0 Å².